The van der Waals surface area contributed by atoms with Crippen molar-refractivity contribution in [3.05, 3.63) is 0 Å². The number of nitrogens with zero attached hydrogens (tertiary/aromatic N) is 2. The lowest BCUT2D eigenvalue weighted by Gasteiger charge is -2.33. The minimum atomic E-state index is 0.461. The van der Waals surface area contributed by atoms with E-state index in [9.17, 15) is 0 Å². The number of hydrogen-bond donors (Lipinski definition) is 1. The van der Waals surface area contributed by atoms with Crippen molar-refractivity contribution in [1.82, 2.24) is 9.80 Å². The van der Waals surface area contributed by atoms with Crippen molar-refractivity contribution < 1.29 is 4.74 Å². The lowest BCUT2D eigenvalue weighted by molar-refractivity contribution is -0.00411. The predicted octanol–water partition coefficient (Wildman–Crippen LogP) is 1.69. The molecule has 2 heterocycles. The van der Waals surface area contributed by atoms with Gasteiger partial charge in [-0.1, -0.05) is 6.42 Å². The molecule has 0 bridgehead atoms. The monoisotopic (exact) mass is 283 g/mol. The highest BCUT2D eigenvalue weighted by Crippen LogP contribution is 2.14. The number of ether oxygens (including phenoxy) is 1. The molecule has 0 amide bonds. The van der Waals surface area contributed by atoms with Gasteiger partial charge >= 0.3 is 0 Å². The molecule has 4 nitrogen and oxygen atoms in total. The van der Waals surface area contributed by atoms with Crippen LogP contribution in [0.4, 0.5) is 0 Å². The minimum Gasteiger partial charge on any atom is -0.377 e. The topological polar surface area (TPSA) is 41.7 Å². The lowest BCUT2D eigenvalue weighted by Crippen LogP contribution is -2.41. The molecule has 0 spiro atoms. The van der Waals surface area contributed by atoms with Gasteiger partial charge in [0.1, 0.15) is 0 Å². The van der Waals surface area contributed by atoms with E-state index in [0.717, 1.165) is 32.7 Å². The summed E-state index contributed by atoms with van der Waals surface area (Å²) in [6, 6.07) is 0. The normalized spacial score (nSPS) is 25.9. The van der Waals surface area contributed by atoms with Gasteiger partial charge in [0.2, 0.25) is 0 Å². The highest BCUT2D eigenvalue weighted by atomic mass is 16.5. The van der Waals surface area contributed by atoms with E-state index in [4.69, 9.17) is 10.5 Å². The van der Waals surface area contributed by atoms with Gasteiger partial charge in [-0.25, -0.2) is 0 Å². The molecule has 0 aromatic heterocycles. The third-order valence-electron chi connectivity index (χ3n) is 4.56. The molecule has 2 fully saturated rings. The molecule has 2 rings (SSSR count). The number of hydrogen-bond acceptors (Lipinski definition) is 4. The minimum absolute atomic E-state index is 0.461. The fourth-order valence-corrected chi connectivity index (χ4v) is 3.39. The molecular formula is C16H33N3O. The predicted molar refractivity (Wildman–Crippen MR) is 84.0 cm³/mol. The molecular weight excluding hydrogens is 250 g/mol. The first-order valence-electron chi connectivity index (χ1n) is 8.65. The summed E-state index contributed by atoms with van der Waals surface area (Å²) >= 11 is 0. The molecule has 1 atom stereocenters. The van der Waals surface area contributed by atoms with Crippen molar-refractivity contribution >= 4 is 0 Å². The van der Waals surface area contributed by atoms with E-state index in [1.165, 1.54) is 64.7 Å². The first kappa shape index (κ1) is 16.2. The van der Waals surface area contributed by atoms with Gasteiger partial charge in [0.05, 0.1) is 6.10 Å². The van der Waals surface area contributed by atoms with Crippen molar-refractivity contribution in [3.63, 3.8) is 0 Å². The van der Waals surface area contributed by atoms with Crippen LogP contribution < -0.4 is 5.73 Å². The van der Waals surface area contributed by atoms with Gasteiger partial charge in [-0.2, -0.15) is 0 Å². The summed E-state index contributed by atoms with van der Waals surface area (Å²) in [7, 11) is 0. The fraction of sp³-hybridized carbons (Fsp3) is 1.00. The van der Waals surface area contributed by atoms with E-state index < -0.39 is 0 Å². The van der Waals surface area contributed by atoms with E-state index in [2.05, 4.69) is 9.80 Å². The lowest BCUT2D eigenvalue weighted by atomic mass is 10.1. The molecule has 2 saturated heterocycles. The van der Waals surface area contributed by atoms with E-state index in [1.54, 1.807) is 0 Å². The van der Waals surface area contributed by atoms with E-state index >= 15 is 0 Å². The van der Waals surface area contributed by atoms with Crippen LogP contribution in [0.2, 0.25) is 0 Å². The molecule has 0 radical (unpaired) electrons. The maximum absolute atomic E-state index is 6.08. The molecule has 2 aliphatic heterocycles. The summed E-state index contributed by atoms with van der Waals surface area (Å²) in [6.07, 6.45) is 9.49. The van der Waals surface area contributed by atoms with Gasteiger partial charge in [-0.15, -0.1) is 0 Å². The van der Waals surface area contributed by atoms with Crippen molar-refractivity contribution in [2.45, 2.75) is 51.0 Å². The second kappa shape index (κ2) is 9.72. The standard InChI is InChI=1S/C16H33N3O/c17-8-5-12-19-11-4-7-16(15-19)20-14-6-13-18-9-2-1-3-10-18/h16H,1-15,17H2. The third kappa shape index (κ3) is 6.08. The van der Waals surface area contributed by atoms with Crippen LogP contribution >= 0.6 is 0 Å². The zero-order chi connectivity index (χ0) is 14.0. The summed E-state index contributed by atoms with van der Waals surface area (Å²) in [5.74, 6) is 0. The Bertz CT molecular complexity index is 244. The van der Waals surface area contributed by atoms with Crippen LogP contribution in [0.25, 0.3) is 0 Å². The molecule has 0 aromatic rings. The van der Waals surface area contributed by atoms with Crippen LogP contribution in [0.15, 0.2) is 0 Å². The Labute approximate surface area is 124 Å². The van der Waals surface area contributed by atoms with Crippen molar-refractivity contribution in [2.24, 2.45) is 5.73 Å². The van der Waals surface area contributed by atoms with Gasteiger partial charge in [-0.05, 0) is 71.2 Å². The zero-order valence-electron chi connectivity index (χ0n) is 13.1. The molecule has 0 saturated carbocycles. The van der Waals surface area contributed by atoms with Gasteiger partial charge in [0.15, 0.2) is 0 Å². The summed E-state index contributed by atoms with van der Waals surface area (Å²) in [5, 5.41) is 0. The Morgan fingerprint density at radius 3 is 2.45 bits per heavy atom. The first-order chi connectivity index (χ1) is 9.88. The van der Waals surface area contributed by atoms with Gasteiger partial charge in [0.25, 0.3) is 0 Å². The molecule has 118 valence electrons. The Morgan fingerprint density at radius 2 is 1.65 bits per heavy atom. The highest BCUT2D eigenvalue weighted by molar-refractivity contribution is 4.73. The number of nitrogens with two attached hydrogens (primary N) is 1. The Morgan fingerprint density at radius 1 is 0.900 bits per heavy atom. The average Bonchev–Trinajstić information content (AvgIpc) is 2.51. The molecule has 1 unspecified atom stereocenters. The average molecular weight is 283 g/mol. The van der Waals surface area contributed by atoms with Crippen LogP contribution in [0, 0.1) is 0 Å². The van der Waals surface area contributed by atoms with E-state index in [-0.39, 0.29) is 0 Å². The highest BCUT2D eigenvalue weighted by Gasteiger charge is 2.19. The largest absolute Gasteiger partial charge is 0.377 e. The van der Waals surface area contributed by atoms with Crippen LogP contribution in [-0.4, -0.2) is 68.3 Å². The Kier molecular flexibility index (Phi) is 7.88. The number of likely N-dealkylation sites (tertiary alicyclic amines) is 2. The van der Waals surface area contributed by atoms with Gasteiger partial charge in [-0.3, -0.25) is 0 Å². The van der Waals surface area contributed by atoms with Crippen LogP contribution in [0.5, 0.6) is 0 Å². The van der Waals surface area contributed by atoms with E-state index in [0.29, 0.717) is 6.10 Å². The zero-order valence-corrected chi connectivity index (χ0v) is 13.1. The SMILES string of the molecule is NCCCN1CCCC(OCCCN2CCCCC2)C1. The van der Waals surface area contributed by atoms with Crippen LogP contribution in [-0.2, 0) is 4.74 Å². The molecule has 2 N–H and O–H groups in total. The fourth-order valence-electron chi connectivity index (χ4n) is 3.39. The summed E-state index contributed by atoms with van der Waals surface area (Å²) < 4.78 is 6.08. The molecule has 0 aliphatic carbocycles. The smallest absolute Gasteiger partial charge is 0.0702 e. The molecule has 4 heteroatoms. The Hall–Kier alpha value is -0.160. The third-order valence-corrected chi connectivity index (χ3v) is 4.56. The summed E-state index contributed by atoms with van der Waals surface area (Å²) in [4.78, 5) is 5.12. The van der Waals surface area contributed by atoms with Crippen LogP contribution in [0.3, 0.4) is 0 Å². The van der Waals surface area contributed by atoms with Gasteiger partial charge < -0.3 is 20.3 Å². The summed E-state index contributed by atoms with van der Waals surface area (Å²) in [6.45, 7) is 9.06. The van der Waals surface area contributed by atoms with Crippen molar-refractivity contribution in [2.75, 3.05) is 52.4 Å². The quantitative estimate of drug-likeness (QED) is 0.688. The van der Waals surface area contributed by atoms with Crippen LogP contribution in [0.1, 0.15) is 44.9 Å². The summed E-state index contributed by atoms with van der Waals surface area (Å²) in [5.41, 5.74) is 5.59. The molecule has 2 aliphatic rings. The van der Waals surface area contributed by atoms with Crippen molar-refractivity contribution in [3.8, 4) is 0 Å². The maximum Gasteiger partial charge on any atom is 0.0702 e. The first-order valence-corrected chi connectivity index (χ1v) is 8.65. The molecule has 20 heavy (non-hydrogen) atoms. The number of piperidine rings is 2. The van der Waals surface area contributed by atoms with E-state index in [1.807, 2.05) is 0 Å². The second-order valence-corrected chi connectivity index (χ2v) is 6.33. The second-order valence-electron chi connectivity index (χ2n) is 6.33. The number of rotatable bonds is 8. The maximum atomic E-state index is 6.08. The Balaban J connectivity index is 1.52. The van der Waals surface area contributed by atoms with Gasteiger partial charge in [0, 0.05) is 19.7 Å². The van der Waals surface area contributed by atoms with Crippen molar-refractivity contribution in [1.29, 1.82) is 0 Å². The molecule has 0 aromatic carbocycles.